The van der Waals surface area contributed by atoms with Gasteiger partial charge in [-0.05, 0) is 125 Å². The van der Waals surface area contributed by atoms with E-state index in [1.165, 1.54) is 41.5 Å². The highest BCUT2D eigenvalue weighted by atomic mass is 16.5. The molecule has 70 heavy (non-hydrogen) atoms. The number of hydrogen-bond donors (Lipinski definition) is 1. The quantitative estimate of drug-likeness (QED) is 0.0506. The van der Waals surface area contributed by atoms with Gasteiger partial charge in [0.05, 0.1) is 63.2 Å². The Labute approximate surface area is 410 Å². The van der Waals surface area contributed by atoms with Gasteiger partial charge in [0.1, 0.15) is 59.3 Å². The molecular formula is C54H64N6O10. The molecule has 0 radical (unpaired) electrons. The summed E-state index contributed by atoms with van der Waals surface area (Å²) >= 11 is 0. The van der Waals surface area contributed by atoms with Gasteiger partial charge in [0.25, 0.3) is 0 Å². The summed E-state index contributed by atoms with van der Waals surface area (Å²) in [7, 11) is 3.11. The van der Waals surface area contributed by atoms with Crippen LogP contribution in [-0.4, -0.2) is 120 Å². The first-order valence-electron chi connectivity index (χ1n) is 23.0. The molecule has 0 bridgehead atoms. The zero-order chi connectivity index (χ0) is 50.9. The molecule has 0 saturated carbocycles. The van der Waals surface area contributed by atoms with E-state index in [2.05, 4.69) is 4.90 Å². The number of carbonyl (C=O) groups is 6. The minimum atomic E-state index is -0.125. The van der Waals surface area contributed by atoms with Crippen LogP contribution < -0.4 is 24.7 Å². The average Bonchev–Trinajstić information content (AvgIpc) is 3.28. The van der Waals surface area contributed by atoms with Crippen LogP contribution in [0.15, 0.2) is 84.9 Å². The largest absolute Gasteiger partial charge is 0.496 e. The third-order valence-electron chi connectivity index (χ3n) is 10.7. The Hall–Kier alpha value is -7.14. The molecule has 0 unspecified atom stereocenters. The first-order chi connectivity index (χ1) is 33.3. The second kappa shape index (κ2) is 26.0. The molecule has 0 aliphatic carbocycles. The van der Waals surface area contributed by atoms with Gasteiger partial charge in [0.2, 0.25) is 0 Å². The van der Waals surface area contributed by atoms with Crippen LogP contribution in [-0.2, 0) is 61.4 Å². The Bertz CT molecular complexity index is 2480. The lowest BCUT2D eigenvalue weighted by Gasteiger charge is -2.25. The van der Waals surface area contributed by atoms with Crippen molar-refractivity contribution in [2.45, 2.75) is 74.1 Å². The number of benzene rings is 3. The van der Waals surface area contributed by atoms with Gasteiger partial charge in [0, 0.05) is 61.7 Å². The summed E-state index contributed by atoms with van der Waals surface area (Å²) in [6.45, 7) is 10.5. The van der Waals surface area contributed by atoms with E-state index < -0.39 is 0 Å². The topological polar surface area (TPSA) is 201 Å². The zero-order valence-electron chi connectivity index (χ0n) is 41.5. The lowest BCUT2D eigenvalue weighted by atomic mass is 10.0. The van der Waals surface area contributed by atoms with Gasteiger partial charge in [-0.25, -0.2) is 0 Å². The minimum Gasteiger partial charge on any atom is -0.496 e. The molecule has 0 aliphatic heterocycles. The second-order valence-corrected chi connectivity index (χ2v) is 17.7. The van der Waals surface area contributed by atoms with Crippen molar-refractivity contribution in [3.05, 3.63) is 113 Å². The molecule has 5 rings (SSSR count). The van der Waals surface area contributed by atoms with Crippen molar-refractivity contribution < 1.29 is 47.7 Å². The number of nitrogen functional groups attached to an aromatic ring is 1. The number of Topliss-reactive ketones (excluding diaryl/α,β-unsaturated/α-hetero) is 6. The van der Waals surface area contributed by atoms with Crippen molar-refractivity contribution in [3.8, 4) is 45.3 Å². The van der Waals surface area contributed by atoms with Crippen LogP contribution in [0.25, 0.3) is 22.3 Å². The van der Waals surface area contributed by atoms with E-state index in [4.69, 9.17) is 34.6 Å². The number of ether oxygens (including phenoxy) is 4. The Morgan fingerprint density at radius 2 is 0.829 bits per heavy atom. The number of nitrogens with two attached hydrogens (primary N) is 1. The summed E-state index contributed by atoms with van der Waals surface area (Å²) in [5, 5.41) is 0. The van der Waals surface area contributed by atoms with E-state index in [1.807, 2.05) is 60.7 Å². The molecule has 0 spiro atoms. The number of ketones is 6. The number of anilines is 1. The summed E-state index contributed by atoms with van der Waals surface area (Å²) < 4.78 is 23.1. The number of aromatic nitrogens is 2. The van der Waals surface area contributed by atoms with Gasteiger partial charge in [-0.1, -0.05) is 12.1 Å². The van der Waals surface area contributed by atoms with E-state index >= 15 is 0 Å². The van der Waals surface area contributed by atoms with Crippen LogP contribution in [0.2, 0.25) is 0 Å². The molecule has 0 fully saturated rings. The molecule has 0 amide bonds. The fraction of sp³-hybridized carbons (Fsp3) is 0.370. The van der Waals surface area contributed by atoms with Gasteiger partial charge < -0.3 is 24.7 Å². The number of rotatable bonds is 29. The number of nitrogens with zero attached hydrogens (tertiary/aromatic N) is 5. The minimum absolute atomic E-state index is 0.0552. The number of methoxy groups -OCH3 is 2. The highest BCUT2D eigenvalue weighted by Crippen LogP contribution is 2.36. The molecule has 5 aromatic rings. The third-order valence-corrected chi connectivity index (χ3v) is 10.7. The maximum absolute atomic E-state index is 12.4. The molecular weight excluding hydrogens is 893 g/mol. The van der Waals surface area contributed by atoms with Gasteiger partial charge in [-0.2, -0.15) is 0 Å². The Morgan fingerprint density at radius 1 is 0.471 bits per heavy atom. The fourth-order valence-electron chi connectivity index (χ4n) is 8.00. The first-order valence-corrected chi connectivity index (χ1v) is 23.0. The van der Waals surface area contributed by atoms with Crippen LogP contribution in [0.4, 0.5) is 5.69 Å². The maximum atomic E-state index is 12.4. The standard InChI is InChI=1S/C54H64N6O10/c1-35(61)25-59(26-36(2)62)31-47-21-42(51-15-13-49(23-53(51)67-7)69-33-39(5)65)19-45(56-47)29-58(18-17-41-9-11-44(55)12-10-41)30-46-20-43(22-48(57-46)32-60(27-37(3)63)28-38(4)64)52-16-14-50(24-54(52)68-8)70-34-40(6)66/h9-16,19-24H,17-18,25-34,55H2,1-8H3. The molecule has 2 N–H and O–H groups in total. The molecule has 0 saturated heterocycles. The lowest BCUT2D eigenvalue weighted by Crippen LogP contribution is -2.33. The van der Waals surface area contributed by atoms with Crippen molar-refractivity contribution in [1.29, 1.82) is 0 Å². The summed E-state index contributed by atoms with van der Waals surface area (Å²) in [4.78, 5) is 89.1. The van der Waals surface area contributed by atoms with Gasteiger partial charge >= 0.3 is 0 Å². The molecule has 370 valence electrons. The number of carbonyl (C=O) groups excluding carboxylic acids is 6. The van der Waals surface area contributed by atoms with Crippen molar-refractivity contribution in [2.24, 2.45) is 0 Å². The summed E-state index contributed by atoms with van der Waals surface area (Å²) in [5.41, 5.74) is 13.4. The summed E-state index contributed by atoms with van der Waals surface area (Å²) in [5.74, 6) is 1.30. The second-order valence-electron chi connectivity index (χ2n) is 17.7. The fourth-order valence-corrected chi connectivity index (χ4v) is 8.00. The van der Waals surface area contributed by atoms with E-state index in [1.54, 1.807) is 48.3 Å². The van der Waals surface area contributed by atoms with Crippen LogP contribution in [0.3, 0.4) is 0 Å². The van der Waals surface area contributed by atoms with Crippen molar-refractivity contribution in [2.75, 3.05) is 65.9 Å². The predicted octanol–water partition coefficient (Wildman–Crippen LogP) is 6.55. The van der Waals surface area contributed by atoms with Crippen LogP contribution >= 0.6 is 0 Å². The number of pyridine rings is 2. The Morgan fingerprint density at radius 3 is 1.16 bits per heavy atom. The van der Waals surface area contributed by atoms with Crippen LogP contribution in [0.1, 0.15) is 69.9 Å². The molecule has 2 heterocycles. The van der Waals surface area contributed by atoms with E-state index in [0.29, 0.717) is 77.5 Å². The van der Waals surface area contributed by atoms with Crippen molar-refractivity contribution in [3.63, 3.8) is 0 Å². The molecule has 3 aromatic carbocycles. The summed E-state index contributed by atoms with van der Waals surface area (Å²) in [6.07, 6.45) is 0.639. The van der Waals surface area contributed by atoms with E-state index in [0.717, 1.165) is 27.8 Å². The highest BCUT2D eigenvalue weighted by molar-refractivity contribution is 5.82. The smallest absolute Gasteiger partial charge is 0.167 e. The zero-order valence-corrected chi connectivity index (χ0v) is 41.5. The van der Waals surface area contributed by atoms with Crippen LogP contribution in [0, 0.1) is 0 Å². The first kappa shape index (κ1) is 53.8. The molecule has 16 nitrogen and oxygen atoms in total. The Balaban J connectivity index is 1.65. The monoisotopic (exact) mass is 956 g/mol. The van der Waals surface area contributed by atoms with E-state index in [9.17, 15) is 28.8 Å². The predicted molar refractivity (Wildman–Crippen MR) is 267 cm³/mol. The third kappa shape index (κ3) is 17.4. The van der Waals surface area contributed by atoms with Gasteiger partial charge in [-0.15, -0.1) is 0 Å². The molecule has 0 aliphatic rings. The molecule has 0 atom stereocenters. The van der Waals surface area contributed by atoms with Gasteiger partial charge in [0.15, 0.2) is 11.6 Å². The normalized spacial score (nSPS) is 11.2. The van der Waals surface area contributed by atoms with Crippen molar-refractivity contribution in [1.82, 2.24) is 24.7 Å². The maximum Gasteiger partial charge on any atom is 0.167 e. The average molecular weight is 957 g/mol. The SMILES string of the molecule is COc1cc(OCC(C)=O)ccc1-c1cc(CN(CC(C)=O)CC(C)=O)nc(CN(CCc2ccc(N)cc2)Cc2cc(-c3ccc(OCC(C)=O)cc3OC)cc(CN(CC(C)=O)CC(C)=O)n2)c1. The lowest BCUT2D eigenvalue weighted by molar-refractivity contribution is -0.122. The van der Waals surface area contributed by atoms with E-state index in [-0.39, 0.29) is 87.2 Å². The van der Waals surface area contributed by atoms with Gasteiger partial charge in [-0.3, -0.25) is 53.4 Å². The highest BCUT2D eigenvalue weighted by Gasteiger charge is 2.21. The number of hydrogen-bond acceptors (Lipinski definition) is 16. The molecule has 16 heteroatoms. The summed E-state index contributed by atoms with van der Waals surface area (Å²) in [6, 6.07) is 26.2. The Kier molecular flexibility index (Phi) is 20.0. The van der Waals surface area contributed by atoms with Crippen LogP contribution in [0.5, 0.6) is 23.0 Å². The molecule has 2 aromatic heterocycles. The van der Waals surface area contributed by atoms with Crippen molar-refractivity contribution >= 4 is 40.4 Å².